The van der Waals surface area contributed by atoms with E-state index in [9.17, 15) is 4.79 Å². The minimum atomic E-state index is -0.725. The molecule has 1 atom stereocenters. The van der Waals surface area contributed by atoms with Gasteiger partial charge in [-0.1, -0.05) is 28.1 Å². The van der Waals surface area contributed by atoms with E-state index in [2.05, 4.69) is 15.9 Å². The summed E-state index contributed by atoms with van der Waals surface area (Å²) in [6.07, 6.45) is 0. The highest BCUT2D eigenvalue weighted by atomic mass is 79.9. The van der Waals surface area contributed by atoms with Crippen molar-refractivity contribution >= 4 is 21.9 Å². The number of nitrogens with two attached hydrogens (primary N) is 1. The zero-order valence-corrected chi connectivity index (χ0v) is 10.6. The van der Waals surface area contributed by atoms with Crippen LogP contribution in [0, 0.1) is 0 Å². The van der Waals surface area contributed by atoms with Crippen molar-refractivity contribution in [1.29, 1.82) is 0 Å². The molecule has 4 nitrogen and oxygen atoms in total. The molecule has 0 aliphatic rings. The smallest absolute Gasteiger partial charge is 0.325 e. The third kappa shape index (κ3) is 4.30. The van der Waals surface area contributed by atoms with Crippen LogP contribution in [-0.2, 0) is 20.9 Å². The van der Waals surface area contributed by atoms with Crippen molar-refractivity contribution in [3.63, 3.8) is 0 Å². The van der Waals surface area contributed by atoms with Gasteiger partial charge in [0, 0.05) is 11.6 Å². The van der Waals surface area contributed by atoms with Gasteiger partial charge in [0.2, 0.25) is 0 Å². The van der Waals surface area contributed by atoms with Gasteiger partial charge in [-0.25, -0.2) is 0 Å². The van der Waals surface area contributed by atoms with Crippen molar-refractivity contribution < 1.29 is 14.3 Å². The molecule has 0 saturated heterocycles. The van der Waals surface area contributed by atoms with Gasteiger partial charge < -0.3 is 15.2 Å². The molecule has 0 aliphatic carbocycles. The van der Waals surface area contributed by atoms with E-state index in [4.69, 9.17) is 15.2 Å². The SMILES string of the molecule is COCC(N)C(=O)OCc1cccc(Br)c1. The lowest BCUT2D eigenvalue weighted by Gasteiger charge is -2.10. The molecule has 0 aromatic heterocycles. The lowest BCUT2D eigenvalue weighted by molar-refractivity contribution is -0.147. The molecule has 16 heavy (non-hydrogen) atoms. The first kappa shape index (κ1) is 13.2. The summed E-state index contributed by atoms with van der Waals surface area (Å²) in [5.41, 5.74) is 6.42. The molecule has 0 radical (unpaired) electrons. The number of esters is 1. The maximum absolute atomic E-state index is 11.4. The van der Waals surface area contributed by atoms with Gasteiger partial charge in [0.15, 0.2) is 0 Å². The fourth-order valence-corrected chi connectivity index (χ4v) is 1.58. The zero-order valence-electron chi connectivity index (χ0n) is 8.98. The molecule has 1 aromatic carbocycles. The average molecular weight is 288 g/mol. The number of hydrogen-bond acceptors (Lipinski definition) is 4. The van der Waals surface area contributed by atoms with E-state index in [1.807, 2.05) is 24.3 Å². The maximum Gasteiger partial charge on any atom is 0.325 e. The molecule has 0 aliphatic heterocycles. The summed E-state index contributed by atoms with van der Waals surface area (Å²) in [6, 6.07) is 6.82. The zero-order chi connectivity index (χ0) is 12.0. The monoisotopic (exact) mass is 287 g/mol. The topological polar surface area (TPSA) is 61.5 Å². The number of carbonyl (C=O) groups is 1. The average Bonchev–Trinajstić information content (AvgIpc) is 2.26. The quantitative estimate of drug-likeness (QED) is 0.833. The summed E-state index contributed by atoms with van der Waals surface area (Å²) < 4.78 is 10.7. The summed E-state index contributed by atoms with van der Waals surface area (Å²) in [6.45, 7) is 0.382. The van der Waals surface area contributed by atoms with Crippen molar-refractivity contribution in [3.05, 3.63) is 34.3 Å². The summed E-state index contributed by atoms with van der Waals surface area (Å²) in [4.78, 5) is 11.4. The van der Waals surface area contributed by atoms with Gasteiger partial charge in [0.05, 0.1) is 6.61 Å². The van der Waals surface area contributed by atoms with Gasteiger partial charge in [0.25, 0.3) is 0 Å². The second-order valence-electron chi connectivity index (χ2n) is 3.30. The van der Waals surface area contributed by atoms with Crippen LogP contribution in [0.3, 0.4) is 0 Å². The van der Waals surface area contributed by atoms with Gasteiger partial charge >= 0.3 is 5.97 Å². The number of ether oxygens (including phenoxy) is 2. The van der Waals surface area contributed by atoms with Crippen LogP contribution >= 0.6 is 15.9 Å². The predicted octanol–water partition coefficient (Wildman–Crippen LogP) is 1.47. The Morgan fingerprint density at radius 3 is 2.94 bits per heavy atom. The van der Waals surface area contributed by atoms with E-state index < -0.39 is 12.0 Å². The van der Waals surface area contributed by atoms with Crippen LogP contribution in [0.1, 0.15) is 5.56 Å². The molecular formula is C11H14BrNO3. The Balaban J connectivity index is 2.42. The van der Waals surface area contributed by atoms with Crippen LogP contribution in [0.25, 0.3) is 0 Å². The highest BCUT2D eigenvalue weighted by Crippen LogP contribution is 2.12. The van der Waals surface area contributed by atoms with Gasteiger partial charge in [-0.05, 0) is 17.7 Å². The standard InChI is InChI=1S/C11H14BrNO3/c1-15-7-10(13)11(14)16-6-8-3-2-4-9(12)5-8/h2-5,10H,6-7,13H2,1H3. The minimum absolute atomic E-state index is 0.164. The van der Waals surface area contributed by atoms with Gasteiger partial charge in [0.1, 0.15) is 12.6 Å². The van der Waals surface area contributed by atoms with Crippen molar-refractivity contribution in [2.45, 2.75) is 12.6 Å². The van der Waals surface area contributed by atoms with E-state index in [1.54, 1.807) is 0 Å². The lowest BCUT2D eigenvalue weighted by atomic mass is 10.2. The number of halogens is 1. The largest absolute Gasteiger partial charge is 0.460 e. The third-order valence-electron chi connectivity index (χ3n) is 1.92. The molecule has 88 valence electrons. The highest BCUT2D eigenvalue weighted by molar-refractivity contribution is 9.10. The predicted molar refractivity (Wildman–Crippen MR) is 63.8 cm³/mol. The molecule has 0 saturated carbocycles. The first-order chi connectivity index (χ1) is 7.63. The first-order valence-corrected chi connectivity index (χ1v) is 5.58. The van der Waals surface area contributed by atoms with Crippen molar-refractivity contribution in [2.24, 2.45) is 5.73 Å². The Hall–Kier alpha value is -0.910. The molecule has 0 fully saturated rings. The van der Waals surface area contributed by atoms with Gasteiger partial charge in [-0.15, -0.1) is 0 Å². The molecule has 0 spiro atoms. The summed E-state index contributed by atoms with van der Waals surface area (Å²) in [5.74, 6) is -0.457. The molecular weight excluding hydrogens is 274 g/mol. The summed E-state index contributed by atoms with van der Waals surface area (Å²) in [7, 11) is 1.49. The Morgan fingerprint density at radius 1 is 1.56 bits per heavy atom. The summed E-state index contributed by atoms with van der Waals surface area (Å²) >= 11 is 3.34. The molecule has 5 heteroatoms. The fourth-order valence-electron chi connectivity index (χ4n) is 1.14. The molecule has 1 rings (SSSR count). The van der Waals surface area contributed by atoms with E-state index in [0.717, 1.165) is 10.0 Å². The van der Waals surface area contributed by atoms with Crippen LogP contribution in [0.2, 0.25) is 0 Å². The van der Waals surface area contributed by atoms with Crippen LogP contribution in [0.5, 0.6) is 0 Å². The van der Waals surface area contributed by atoms with Crippen molar-refractivity contribution in [2.75, 3.05) is 13.7 Å². The Kier molecular flexibility index (Phi) is 5.45. The van der Waals surface area contributed by atoms with E-state index in [0.29, 0.717) is 0 Å². The Labute approximate surface area is 103 Å². The number of rotatable bonds is 5. The van der Waals surface area contributed by atoms with E-state index in [1.165, 1.54) is 7.11 Å². The molecule has 1 aromatic rings. The molecule has 0 heterocycles. The first-order valence-electron chi connectivity index (χ1n) is 4.79. The van der Waals surface area contributed by atoms with Gasteiger partial charge in [-0.3, -0.25) is 4.79 Å². The minimum Gasteiger partial charge on any atom is -0.460 e. The van der Waals surface area contributed by atoms with Crippen LogP contribution in [0.4, 0.5) is 0 Å². The highest BCUT2D eigenvalue weighted by Gasteiger charge is 2.14. The Morgan fingerprint density at radius 2 is 2.31 bits per heavy atom. The number of hydrogen-bond donors (Lipinski definition) is 1. The number of carbonyl (C=O) groups excluding carboxylic acids is 1. The Bertz CT molecular complexity index is 357. The molecule has 0 bridgehead atoms. The molecule has 2 N–H and O–H groups in total. The number of benzene rings is 1. The lowest BCUT2D eigenvalue weighted by Crippen LogP contribution is -2.36. The molecule has 0 amide bonds. The van der Waals surface area contributed by atoms with E-state index in [-0.39, 0.29) is 13.2 Å². The second kappa shape index (κ2) is 6.62. The second-order valence-corrected chi connectivity index (χ2v) is 4.22. The van der Waals surface area contributed by atoms with Crippen LogP contribution < -0.4 is 5.73 Å². The fraction of sp³-hybridized carbons (Fsp3) is 0.364. The maximum atomic E-state index is 11.4. The van der Waals surface area contributed by atoms with Crippen LogP contribution in [-0.4, -0.2) is 25.7 Å². The van der Waals surface area contributed by atoms with Crippen LogP contribution in [0.15, 0.2) is 28.7 Å². The van der Waals surface area contributed by atoms with Gasteiger partial charge in [-0.2, -0.15) is 0 Å². The molecule has 1 unspecified atom stereocenters. The third-order valence-corrected chi connectivity index (χ3v) is 2.41. The van der Waals surface area contributed by atoms with Crippen molar-refractivity contribution in [3.8, 4) is 0 Å². The normalized spacial score (nSPS) is 12.2. The summed E-state index contributed by atoms with van der Waals surface area (Å²) in [5, 5.41) is 0. The van der Waals surface area contributed by atoms with E-state index >= 15 is 0 Å². The van der Waals surface area contributed by atoms with Crippen molar-refractivity contribution in [1.82, 2.24) is 0 Å². The number of methoxy groups -OCH3 is 1.